The SMILES string of the molecule is COC(=O)c1c(-c2cc(OC)c(OC)c(OC)c2)c2ccc(Cl)nc2c(=O)n1-c1ccc(CNC(=O)OC(C)(C)C)cc1. The minimum Gasteiger partial charge on any atom is -0.493 e. The number of nitrogens with one attached hydrogen (secondary N) is 1. The summed E-state index contributed by atoms with van der Waals surface area (Å²) in [5, 5.41) is 3.15. The Balaban J connectivity index is 1.96. The molecule has 0 spiro atoms. The third kappa shape index (κ3) is 6.51. The number of fused-ring (bicyclic) bond motifs is 1. The Morgan fingerprint density at radius 3 is 2.09 bits per heavy atom. The van der Waals surface area contributed by atoms with Crippen LogP contribution in [0, 0.1) is 0 Å². The van der Waals surface area contributed by atoms with E-state index in [1.165, 1.54) is 39.1 Å². The summed E-state index contributed by atoms with van der Waals surface area (Å²) < 4.78 is 28.3. The number of benzene rings is 2. The van der Waals surface area contributed by atoms with Gasteiger partial charge in [0.25, 0.3) is 5.56 Å². The van der Waals surface area contributed by atoms with Crippen molar-refractivity contribution in [2.75, 3.05) is 28.4 Å². The molecule has 0 aliphatic rings. The number of alkyl carbamates (subject to hydrolysis) is 1. The van der Waals surface area contributed by atoms with E-state index in [4.69, 9.17) is 35.3 Å². The first-order chi connectivity index (χ1) is 20.4. The van der Waals surface area contributed by atoms with Crippen molar-refractivity contribution in [3.05, 3.63) is 75.3 Å². The number of amides is 1. The number of ether oxygens (including phenoxy) is 5. The molecule has 0 saturated heterocycles. The molecular weight excluding hydrogens is 578 g/mol. The first-order valence-corrected chi connectivity index (χ1v) is 13.5. The van der Waals surface area contributed by atoms with Crippen LogP contribution in [0.2, 0.25) is 5.15 Å². The largest absolute Gasteiger partial charge is 0.493 e. The normalized spacial score (nSPS) is 11.2. The maximum absolute atomic E-state index is 14.0. The summed E-state index contributed by atoms with van der Waals surface area (Å²) in [4.78, 5) is 43.9. The number of aromatic nitrogens is 2. The summed E-state index contributed by atoms with van der Waals surface area (Å²) in [7, 11) is 5.66. The van der Waals surface area contributed by atoms with Gasteiger partial charge in [0.1, 0.15) is 22.0 Å². The minimum absolute atomic E-state index is 0.0274. The number of rotatable bonds is 8. The molecule has 1 amide bonds. The lowest BCUT2D eigenvalue weighted by molar-refractivity contribution is 0.0522. The molecule has 0 aliphatic carbocycles. The Labute approximate surface area is 253 Å². The lowest BCUT2D eigenvalue weighted by Gasteiger charge is -2.20. The monoisotopic (exact) mass is 609 g/mol. The van der Waals surface area contributed by atoms with Crippen molar-refractivity contribution in [3.8, 4) is 34.1 Å². The molecule has 0 unspecified atom stereocenters. The first kappa shape index (κ1) is 31.2. The van der Waals surface area contributed by atoms with Crippen molar-refractivity contribution in [2.24, 2.45) is 0 Å². The van der Waals surface area contributed by atoms with Crippen molar-refractivity contribution in [2.45, 2.75) is 32.9 Å². The van der Waals surface area contributed by atoms with E-state index in [0.717, 1.165) is 5.56 Å². The lowest BCUT2D eigenvalue weighted by atomic mass is 9.97. The van der Waals surface area contributed by atoms with Crippen LogP contribution < -0.4 is 25.1 Å². The maximum Gasteiger partial charge on any atom is 0.407 e. The van der Waals surface area contributed by atoms with Crippen molar-refractivity contribution < 1.29 is 33.3 Å². The average molecular weight is 610 g/mol. The Morgan fingerprint density at radius 2 is 1.56 bits per heavy atom. The highest BCUT2D eigenvalue weighted by molar-refractivity contribution is 6.30. The van der Waals surface area contributed by atoms with Gasteiger partial charge in [0.2, 0.25) is 5.75 Å². The number of pyridine rings is 2. The van der Waals surface area contributed by atoms with Crippen molar-refractivity contribution >= 4 is 34.6 Å². The summed E-state index contributed by atoms with van der Waals surface area (Å²) in [6.07, 6.45) is -0.562. The van der Waals surface area contributed by atoms with Gasteiger partial charge in [0, 0.05) is 23.2 Å². The Bertz CT molecular complexity index is 1720. The molecule has 0 bridgehead atoms. The van der Waals surface area contributed by atoms with Crippen molar-refractivity contribution in [1.82, 2.24) is 14.9 Å². The number of nitrogens with zero attached hydrogens (tertiary/aromatic N) is 2. The smallest absolute Gasteiger partial charge is 0.407 e. The number of halogens is 1. The van der Waals surface area contributed by atoms with Gasteiger partial charge in [0.05, 0.1) is 28.4 Å². The molecule has 1 N–H and O–H groups in total. The fourth-order valence-electron chi connectivity index (χ4n) is 4.55. The van der Waals surface area contributed by atoms with Crippen LogP contribution in [0.1, 0.15) is 36.8 Å². The van der Waals surface area contributed by atoms with E-state index in [1.807, 2.05) is 0 Å². The molecule has 12 heteroatoms. The van der Waals surface area contributed by atoms with Crippen LogP contribution in [-0.2, 0) is 16.0 Å². The minimum atomic E-state index is -0.770. The maximum atomic E-state index is 14.0. The summed E-state index contributed by atoms with van der Waals surface area (Å²) in [5.74, 6) is 0.251. The number of hydrogen-bond acceptors (Lipinski definition) is 9. The van der Waals surface area contributed by atoms with Crippen LogP contribution in [0.3, 0.4) is 0 Å². The number of methoxy groups -OCH3 is 4. The van der Waals surface area contributed by atoms with Crippen molar-refractivity contribution in [3.63, 3.8) is 0 Å². The molecule has 4 rings (SSSR count). The molecule has 0 radical (unpaired) electrons. The van der Waals surface area contributed by atoms with E-state index in [0.29, 0.717) is 39.4 Å². The first-order valence-electron chi connectivity index (χ1n) is 13.1. The Morgan fingerprint density at radius 1 is 0.930 bits per heavy atom. The molecule has 0 fully saturated rings. The fourth-order valence-corrected chi connectivity index (χ4v) is 4.70. The molecule has 11 nitrogen and oxygen atoms in total. The van der Waals surface area contributed by atoms with Gasteiger partial charge in [-0.15, -0.1) is 0 Å². The second-order valence-electron chi connectivity index (χ2n) is 10.3. The van der Waals surface area contributed by atoms with Crippen molar-refractivity contribution in [1.29, 1.82) is 0 Å². The second-order valence-corrected chi connectivity index (χ2v) is 10.7. The third-order valence-electron chi connectivity index (χ3n) is 6.36. The topological polar surface area (TPSA) is 127 Å². The zero-order chi connectivity index (χ0) is 31.5. The summed E-state index contributed by atoms with van der Waals surface area (Å²) in [6.45, 7) is 5.50. The molecule has 43 heavy (non-hydrogen) atoms. The van der Waals surface area contributed by atoms with Crippen LogP contribution >= 0.6 is 11.6 Å². The number of carbonyl (C=O) groups excluding carboxylic acids is 2. The molecule has 0 saturated carbocycles. The van der Waals surface area contributed by atoms with Gasteiger partial charge < -0.3 is 29.0 Å². The highest BCUT2D eigenvalue weighted by atomic mass is 35.5. The zero-order valence-electron chi connectivity index (χ0n) is 24.9. The zero-order valence-corrected chi connectivity index (χ0v) is 25.6. The van der Waals surface area contributed by atoms with E-state index in [1.54, 1.807) is 63.2 Å². The van der Waals surface area contributed by atoms with Crippen LogP contribution in [0.5, 0.6) is 17.2 Å². The van der Waals surface area contributed by atoms with E-state index in [9.17, 15) is 14.4 Å². The standard InChI is InChI=1S/C31H32ClN3O8/c1-31(2,3)43-30(38)33-16-17-8-10-19(11-9-17)35-26(29(37)42-7)24(20-12-13-23(32)34-25(20)28(35)36)18-14-21(39-4)27(41-6)22(15-18)40-5/h8-15H,16H2,1-7H3,(H,33,38). The van der Waals surface area contributed by atoms with Gasteiger partial charge in [0.15, 0.2) is 11.5 Å². The predicted octanol–water partition coefficient (Wildman–Crippen LogP) is 5.54. The number of esters is 1. The van der Waals surface area contributed by atoms with Crippen LogP contribution in [0.15, 0.2) is 53.3 Å². The lowest BCUT2D eigenvalue weighted by Crippen LogP contribution is -2.32. The molecule has 0 atom stereocenters. The summed E-state index contributed by atoms with van der Waals surface area (Å²) in [5.41, 5.74) is 0.628. The molecule has 2 aromatic heterocycles. The molecule has 0 aliphatic heterocycles. The highest BCUT2D eigenvalue weighted by Gasteiger charge is 2.28. The summed E-state index contributed by atoms with van der Waals surface area (Å²) >= 11 is 6.22. The van der Waals surface area contributed by atoms with E-state index >= 15 is 0 Å². The van der Waals surface area contributed by atoms with Crippen LogP contribution in [0.25, 0.3) is 27.7 Å². The van der Waals surface area contributed by atoms with E-state index in [-0.39, 0.29) is 22.9 Å². The Kier molecular flexibility index (Phi) is 9.15. The molecule has 2 aromatic carbocycles. The predicted molar refractivity (Wildman–Crippen MR) is 162 cm³/mol. The van der Waals surface area contributed by atoms with Crippen LogP contribution in [-0.4, -0.2) is 55.7 Å². The molecule has 2 heterocycles. The van der Waals surface area contributed by atoms with Crippen LogP contribution in [0.4, 0.5) is 4.79 Å². The van der Waals surface area contributed by atoms with Gasteiger partial charge in [-0.1, -0.05) is 23.7 Å². The van der Waals surface area contributed by atoms with E-state index < -0.39 is 23.2 Å². The summed E-state index contributed by atoms with van der Waals surface area (Å²) in [6, 6.07) is 13.2. The van der Waals surface area contributed by atoms with Gasteiger partial charge >= 0.3 is 12.1 Å². The average Bonchev–Trinajstić information content (AvgIpc) is 2.98. The highest BCUT2D eigenvalue weighted by Crippen LogP contribution is 2.43. The number of hydrogen-bond donors (Lipinski definition) is 1. The fraction of sp³-hybridized carbons (Fsp3) is 0.290. The Hall–Kier alpha value is -4.77. The number of carbonyl (C=O) groups is 2. The third-order valence-corrected chi connectivity index (χ3v) is 6.57. The molecule has 226 valence electrons. The van der Waals surface area contributed by atoms with Gasteiger partial charge in [-0.2, -0.15) is 0 Å². The molecular formula is C31H32ClN3O8. The van der Waals surface area contributed by atoms with Gasteiger partial charge in [-0.05, 0) is 68.3 Å². The van der Waals surface area contributed by atoms with Gasteiger partial charge in [-0.25, -0.2) is 14.6 Å². The quantitative estimate of drug-likeness (QED) is 0.202. The second kappa shape index (κ2) is 12.6. The van der Waals surface area contributed by atoms with Gasteiger partial charge in [-0.3, -0.25) is 9.36 Å². The van der Waals surface area contributed by atoms with E-state index in [2.05, 4.69) is 10.3 Å². The molecule has 4 aromatic rings.